The third-order valence-corrected chi connectivity index (χ3v) is 3.61. The summed E-state index contributed by atoms with van der Waals surface area (Å²) in [4.78, 5) is 3.93. The number of nitrogens with two attached hydrogens (primary N) is 1. The Hall–Kier alpha value is -1.63. The standard InChI is InChI=1S/C11H7Cl2N5S/c12-6-4-7(13)10-11(18-19-17-10)9(6)16-5-1-2-15-8(14)3-5/h1-4H,(H3,14,15,16). The van der Waals surface area contributed by atoms with Gasteiger partial charge in [-0.25, -0.2) is 4.98 Å². The summed E-state index contributed by atoms with van der Waals surface area (Å²) in [6.07, 6.45) is 1.61. The third kappa shape index (κ3) is 2.30. The van der Waals surface area contributed by atoms with Crippen molar-refractivity contribution in [3.63, 3.8) is 0 Å². The van der Waals surface area contributed by atoms with Gasteiger partial charge in [-0.05, 0) is 12.1 Å². The van der Waals surface area contributed by atoms with Crippen molar-refractivity contribution >= 4 is 63.1 Å². The van der Waals surface area contributed by atoms with Gasteiger partial charge in [-0.1, -0.05) is 23.2 Å². The maximum absolute atomic E-state index is 6.20. The molecule has 0 fully saturated rings. The summed E-state index contributed by atoms with van der Waals surface area (Å²) in [5.41, 5.74) is 8.32. The number of halogens is 2. The van der Waals surface area contributed by atoms with Crippen molar-refractivity contribution in [1.82, 2.24) is 4.98 Å². The second-order valence-electron chi connectivity index (χ2n) is 3.77. The average molecular weight is 312 g/mol. The SMILES string of the molecule is Nc1cc(Nc2c(Cl)cc(Cl)c3c2N=S=N3)ccn1. The molecule has 0 spiro atoms. The zero-order valence-corrected chi connectivity index (χ0v) is 11.7. The highest BCUT2D eigenvalue weighted by Gasteiger charge is 2.18. The summed E-state index contributed by atoms with van der Waals surface area (Å²) >= 11 is 13.3. The van der Waals surface area contributed by atoms with Crippen LogP contribution in [0.5, 0.6) is 0 Å². The van der Waals surface area contributed by atoms with Crippen LogP contribution in [0.15, 0.2) is 33.1 Å². The molecule has 0 saturated carbocycles. The van der Waals surface area contributed by atoms with Crippen LogP contribution in [0.1, 0.15) is 0 Å². The summed E-state index contributed by atoms with van der Waals surface area (Å²) in [7, 11) is 0. The van der Waals surface area contributed by atoms with Gasteiger partial charge in [0.2, 0.25) is 0 Å². The molecule has 0 saturated heterocycles. The Balaban J connectivity index is 2.07. The van der Waals surface area contributed by atoms with Crippen molar-refractivity contribution in [2.45, 2.75) is 0 Å². The lowest BCUT2D eigenvalue weighted by Gasteiger charge is -2.12. The summed E-state index contributed by atoms with van der Waals surface area (Å²) < 4.78 is 8.35. The van der Waals surface area contributed by atoms with E-state index in [-0.39, 0.29) is 0 Å². The molecule has 5 nitrogen and oxygen atoms in total. The van der Waals surface area contributed by atoms with E-state index in [1.807, 2.05) is 0 Å². The molecule has 1 aliphatic heterocycles. The molecule has 1 aromatic heterocycles. The van der Waals surface area contributed by atoms with Gasteiger partial charge in [0.05, 0.1) is 27.1 Å². The quantitative estimate of drug-likeness (QED) is 0.734. The van der Waals surface area contributed by atoms with Crippen LogP contribution in [0.25, 0.3) is 0 Å². The zero-order valence-electron chi connectivity index (χ0n) is 9.39. The fraction of sp³-hybridized carbons (Fsp3) is 0. The predicted molar refractivity (Wildman–Crippen MR) is 79.9 cm³/mol. The molecular formula is C11H7Cl2N5S. The van der Waals surface area contributed by atoms with Crippen LogP contribution in [0.4, 0.5) is 28.6 Å². The van der Waals surface area contributed by atoms with Gasteiger partial charge < -0.3 is 11.1 Å². The van der Waals surface area contributed by atoms with Crippen molar-refractivity contribution in [3.8, 4) is 0 Å². The molecular weight excluding hydrogens is 305 g/mol. The molecule has 2 heterocycles. The summed E-state index contributed by atoms with van der Waals surface area (Å²) in [6.45, 7) is 0. The molecule has 0 aliphatic carbocycles. The largest absolute Gasteiger partial charge is 0.384 e. The summed E-state index contributed by atoms with van der Waals surface area (Å²) in [5.74, 6) is 0.419. The van der Waals surface area contributed by atoms with Crippen molar-refractivity contribution in [2.75, 3.05) is 11.1 Å². The Morgan fingerprint density at radius 2 is 1.89 bits per heavy atom. The summed E-state index contributed by atoms with van der Waals surface area (Å²) in [6, 6.07) is 5.13. The van der Waals surface area contributed by atoms with Gasteiger partial charge in [0.25, 0.3) is 0 Å². The third-order valence-electron chi connectivity index (χ3n) is 2.49. The van der Waals surface area contributed by atoms with Gasteiger partial charge in [-0.2, -0.15) is 8.73 Å². The Bertz CT molecular complexity index is 740. The highest BCUT2D eigenvalue weighted by molar-refractivity contribution is 7.58. The van der Waals surface area contributed by atoms with Gasteiger partial charge in [0.15, 0.2) is 0 Å². The van der Waals surface area contributed by atoms with E-state index < -0.39 is 0 Å². The summed E-state index contributed by atoms with van der Waals surface area (Å²) in [5, 5.41) is 4.12. The molecule has 0 bridgehead atoms. The first-order valence-corrected chi connectivity index (χ1v) is 6.72. The van der Waals surface area contributed by atoms with E-state index in [1.54, 1.807) is 24.4 Å². The fourth-order valence-corrected chi connectivity index (χ4v) is 2.82. The van der Waals surface area contributed by atoms with Gasteiger partial charge in [0, 0.05) is 18.0 Å². The topological polar surface area (TPSA) is 75.7 Å². The number of hydrogen-bond acceptors (Lipinski definition) is 5. The minimum atomic E-state index is 0.419. The van der Waals surface area contributed by atoms with Crippen LogP contribution in [-0.2, 0) is 11.4 Å². The molecule has 3 rings (SSSR count). The van der Waals surface area contributed by atoms with Gasteiger partial charge in [-0.15, -0.1) is 0 Å². The zero-order chi connectivity index (χ0) is 13.4. The number of fused-ring (bicyclic) bond motifs is 1. The van der Waals surface area contributed by atoms with Gasteiger partial charge in [0.1, 0.15) is 17.2 Å². The van der Waals surface area contributed by atoms with Crippen LogP contribution in [0.2, 0.25) is 10.0 Å². The van der Waals surface area contributed by atoms with E-state index in [9.17, 15) is 0 Å². The van der Waals surface area contributed by atoms with Crippen LogP contribution in [-0.4, -0.2) is 4.98 Å². The van der Waals surface area contributed by atoms with Gasteiger partial charge >= 0.3 is 0 Å². The van der Waals surface area contributed by atoms with Gasteiger partial charge in [-0.3, -0.25) is 0 Å². The molecule has 8 heteroatoms. The Morgan fingerprint density at radius 3 is 2.68 bits per heavy atom. The molecule has 0 amide bonds. The second-order valence-corrected chi connectivity index (χ2v) is 5.11. The smallest absolute Gasteiger partial charge is 0.131 e. The Labute approximate surface area is 122 Å². The van der Waals surface area contributed by atoms with E-state index in [4.69, 9.17) is 28.9 Å². The van der Waals surface area contributed by atoms with Crippen molar-refractivity contribution < 1.29 is 0 Å². The molecule has 0 radical (unpaired) electrons. The van der Waals surface area contributed by atoms with Crippen molar-refractivity contribution in [1.29, 1.82) is 0 Å². The van der Waals surface area contributed by atoms with E-state index in [2.05, 4.69) is 19.0 Å². The van der Waals surface area contributed by atoms with E-state index in [0.29, 0.717) is 32.9 Å². The maximum atomic E-state index is 6.20. The molecule has 96 valence electrons. The number of hydrogen-bond donors (Lipinski definition) is 2. The molecule has 0 unspecified atom stereocenters. The predicted octanol–water partition coefficient (Wildman–Crippen LogP) is 4.44. The molecule has 2 aromatic rings. The number of nitrogens with one attached hydrogen (secondary N) is 1. The Morgan fingerprint density at radius 1 is 1.11 bits per heavy atom. The lowest BCUT2D eigenvalue weighted by molar-refractivity contribution is 1.33. The molecule has 19 heavy (non-hydrogen) atoms. The highest BCUT2D eigenvalue weighted by Crippen LogP contribution is 2.48. The highest BCUT2D eigenvalue weighted by atomic mass is 35.5. The minimum Gasteiger partial charge on any atom is -0.384 e. The number of nitrogens with zero attached hydrogens (tertiary/aromatic N) is 3. The second kappa shape index (κ2) is 4.80. The van der Waals surface area contributed by atoms with Crippen LogP contribution in [0, 0.1) is 0 Å². The first-order valence-electron chi connectivity index (χ1n) is 5.24. The Kier molecular flexibility index (Phi) is 3.14. The van der Waals surface area contributed by atoms with E-state index >= 15 is 0 Å². The minimum absolute atomic E-state index is 0.419. The fourth-order valence-electron chi connectivity index (χ4n) is 1.66. The van der Waals surface area contributed by atoms with Crippen molar-refractivity contribution in [2.24, 2.45) is 8.73 Å². The van der Waals surface area contributed by atoms with E-state index in [0.717, 1.165) is 17.0 Å². The van der Waals surface area contributed by atoms with Crippen LogP contribution >= 0.6 is 23.2 Å². The lowest BCUT2D eigenvalue weighted by atomic mass is 10.2. The monoisotopic (exact) mass is 311 g/mol. The molecule has 1 aliphatic rings. The number of rotatable bonds is 2. The van der Waals surface area contributed by atoms with Crippen LogP contribution < -0.4 is 11.1 Å². The number of anilines is 3. The normalized spacial score (nSPS) is 12.1. The molecule has 0 atom stereocenters. The first-order chi connectivity index (χ1) is 9.15. The van der Waals surface area contributed by atoms with E-state index in [1.165, 1.54) is 0 Å². The maximum Gasteiger partial charge on any atom is 0.131 e. The number of pyridine rings is 1. The first kappa shape index (κ1) is 12.4. The molecule has 1 aromatic carbocycles. The lowest BCUT2D eigenvalue weighted by Crippen LogP contribution is -1.95. The van der Waals surface area contributed by atoms with Crippen molar-refractivity contribution in [3.05, 3.63) is 34.4 Å². The number of nitrogen functional groups attached to an aromatic ring is 1. The number of aromatic nitrogens is 1. The average Bonchev–Trinajstić information content (AvgIpc) is 2.84. The molecule has 3 N–H and O–H groups in total. The number of benzene rings is 1. The van der Waals surface area contributed by atoms with Crippen LogP contribution in [0.3, 0.4) is 0 Å².